The quantitative estimate of drug-likeness (QED) is 0.228. The van der Waals surface area contributed by atoms with Crippen LogP contribution >= 0.6 is 11.8 Å². The molecule has 3 aliphatic heterocycles. The van der Waals surface area contributed by atoms with E-state index in [4.69, 9.17) is 4.74 Å². The number of thioether (sulfide) groups is 1. The number of likely N-dealkylation sites (tertiary alicyclic amines) is 1. The number of nitrogens with zero attached hydrogens (tertiary/aromatic N) is 2. The van der Waals surface area contributed by atoms with Crippen molar-refractivity contribution in [3.05, 3.63) is 25.3 Å². The van der Waals surface area contributed by atoms with Crippen molar-refractivity contribution in [3.63, 3.8) is 0 Å². The lowest BCUT2D eigenvalue weighted by Crippen LogP contribution is -2.55. The van der Waals surface area contributed by atoms with Crippen molar-refractivity contribution < 1.29 is 24.2 Å². The lowest BCUT2D eigenvalue weighted by Gasteiger charge is -2.37. The third-order valence-electron chi connectivity index (χ3n) is 7.58. The summed E-state index contributed by atoms with van der Waals surface area (Å²) in [5, 5.41) is 9.29. The molecule has 1 spiro atoms. The maximum atomic E-state index is 14.0. The van der Waals surface area contributed by atoms with Crippen molar-refractivity contribution in [2.45, 2.75) is 74.3 Å². The first kappa shape index (κ1) is 26.8. The van der Waals surface area contributed by atoms with Crippen molar-refractivity contribution in [3.8, 4) is 0 Å². The second-order valence-corrected chi connectivity index (χ2v) is 11.8. The molecule has 7 nitrogen and oxygen atoms in total. The molecule has 2 bridgehead atoms. The van der Waals surface area contributed by atoms with E-state index in [1.807, 2.05) is 11.8 Å². The Balaban J connectivity index is 1.97. The standard InChI is InChI=1S/C26H40N2O5S/c1-5-8-15-27(14-7-3)23(31)21-26-13-12-25(4,34-26)20(24(32)33-18-9-6-2)19(26)22(30)28(21)16-10-11-17-29/h6-7,19-21,29H,2-3,5,8-18H2,1,4H3/t19-,20-,21?,25+,26?/m0/s1. The maximum Gasteiger partial charge on any atom is 0.311 e. The molecule has 0 aromatic rings. The summed E-state index contributed by atoms with van der Waals surface area (Å²) in [5.74, 6) is -1.64. The summed E-state index contributed by atoms with van der Waals surface area (Å²) in [6.45, 7) is 13.4. The Morgan fingerprint density at radius 2 is 2.03 bits per heavy atom. The van der Waals surface area contributed by atoms with Crippen LogP contribution in [0.3, 0.4) is 0 Å². The second kappa shape index (κ2) is 11.3. The van der Waals surface area contributed by atoms with E-state index in [9.17, 15) is 19.5 Å². The summed E-state index contributed by atoms with van der Waals surface area (Å²) < 4.78 is 4.52. The van der Waals surface area contributed by atoms with Gasteiger partial charge in [-0.3, -0.25) is 14.4 Å². The van der Waals surface area contributed by atoms with Gasteiger partial charge in [-0.1, -0.05) is 25.5 Å². The van der Waals surface area contributed by atoms with Gasteiger partial charge in [0.25, 0.3) is 0 Å². The number of esters is 1. The van der Waals surface area contributed by atoms with Crippen LogP contribution in [0.2, 0.25) is 0 Å². The topological polar surface area (TPSA) is 87.1 Å². The molecule has 0 aromatic carbocycles. The largest absolute Gasteiger partial charge is 0.465 e. The predicted molar refractivity (Wildman–Crippen MR) is 134 cm³/mol. The number of rotatable bonds is 14. The molecule has 3 aliphatic rings. The number of unbranched alkanes of at least 4 members (excludes halogenated alkanes) is 2. The third kappa shape index (κ3) is 4.68. The lowest BCUT2D eigenvalue weighted by molar-refractivity contribution is -0.155. The second-order valence-electron chi connectivity index (χ2n) is 9.86. The molecule has 0 aromatic heterocycles. The zero-order chi connectivity index (χ0) is 24.9. The Kier molecular flexibility index (Phi) is 8.90. The van der Waals surface area contributed by atoms with Gasteiger partial charge < -0.3 is 19.6 Å². The fourth-order valence-electron chi connectivity index (χ4n) is 6.00. The minimum atomic E-state index is -0.629. The Bertz CT molecular complexity index is 804. The van der Waals surface area contributed by atoms with Crippen LogP contribution in [0, 0.1) is 11.8 Å². The van der Waals surface area contributed by atoms with E-state index in [1.54, 1.807) is 28.8 Å². The van der Waals surface area contributed by atoms with Crippen molar-refractivity contribution in [2.75, 3.05) is 32.8 Å². The number of hydrogen-bond donors (Lipinski definition) is 1. The monoisotopic (exact) mass is 492 g/mol. The van der Waals surface area contributed by atoms with Crippen molar-refractivity contribution in [2.24, 2.45) is 11.8 Å². The van der Waals surface area contributed by atoms with Crippen LogP contribution in [0.1, 0.15) is 58.8 Å². The average molecular weight is 493 g/mol. The number of ether oxygens (including phenoxy) is 1. The Morgan fingerprint density at radius 1 is 1.26 bits per heavy atom. The van der Waals surface area contributed by atoms with Gasteiger partial charge in [0.2, 0.25) is 11.8 Å². The SMILES string of the molecule is C=CCCOC(=O)[C@@H]1[C@H]2C(=O)N(CCCCO)C(C(=O)N(CC=C)CCCC)C23CC[C@@]1(C)S3. The Labute approximate surface area is 208 Å². The van der Waals surface area contributed by atoms with Crippen molar-refractivity contribution in [1.29, 1.82) is 0 Å². The highest BCUT2D eigenvalue weighted by Gasteiger charge is 2.77. The van der Waals surface area contributed by atoms with E-state index >= 15 is 0 Å². The van der Waals surface area contributed by atoms with Gasteiger partial charge in [-0.05, 0) is 45.4 Å². The number of aliphatic hydroxyl groups excluding tert-OH is 1. The normalized spacial score (nSPS) is 31.4. The summed E-state index contributed by atoms with van der Waals surface area (Å²) in [6.07, 6.45) is 8.51. The Hall–Kier alpha value is -1.80. The van der Waals surface area contributed by atoms with Crippen LogP contribution in [-0.4, -0.2) is 81.1 Å². The first-order valence-electron chi connectivity index (χ1n) is 12.6. The van der Waals surface area contributed by atoms with E-state index in [0.29, 0.717) is 38.9 Å². The van der Waals surface area contributed by atoms with E-state index in [1.165, 1.54) is 0 Å². The maximum absolute atomic E-state index is 14.0. The van der Waals surface area contributed by atoms with Crippen LogP contribution < -0.4 is 0 Å². The molecule has 190 valence electrons. The summed E-state index contributed by atoms with van der Waals surface area (Å²) in [6, 6.07) is -0.613. The van der Waals surface area contributed by atoms with Gasteiger partial charge in [0.1, 0.15) is 6.04 Å². The first-order valence-corrected chi connectivity index (χ1v) is 13.4. The molecule has 3 heterocycles. The molecule has 0 saturated carbocycles. The zero-order valence-corrected chi connectivity index (χ0v) is 21.5. The van der Waals surface area contributed by atoms with E-state index in [-0.39, 0.29) is 31.0 Å². The number of aliphatic hydroxyl groups is 1. The smallest absolute Gasteiger partial charge is 0.311 e. The molecule has 0 aliphatic carbocycles. The van der Waals surface area contributed by atoms with Gasteiger partial charge in [0.15, 0.2) is 0 Å². The number of fused-ring (bicyclic) bond motifs is 1. The van der Waals surface area contributed by atoms with Crippen LogP contribution in [-0.2, 0) is 19.1 Å². The van der Waals surface area contributed by atoms with E-state index in [0.717, 1.165) is 25.7 Å². The minimum absolute atomic E-state index is 0.0411. The molecular formula is C26H40N2O5S. The molecule has 0 radical (unpaired) electrons. The number of amides is 2. The molecule has 34 heavy (non-hydrogen) atoms. The fourth-order valence-corrected chi connectivity index (χ4v) is 8.34. The molecule has 8 heteroatoms. The summed E-state index contributed by atoms with van der Waals surface area (Å²) in [7, 11) is 0. The molecule has 2 unspecified atom stereocenters. The molecule has 3 rings (SSSR count). The predicted octanol–water partition coefficient (Wildman–Crippen LogP) is 3.17. The fraction of sp³-hybridized carbons (Fsp3) is 0.731. The van der Waals surface area contributed by atoms with Gasteiger partial charge in [0, 0.05) is 31.0 Å². The molecule has 1 N–H and O–H groups in total. The van der Waals surface area contributed by atoms with Crippen LogP contribution in [0.15, 0.2) is 25.3 Å². The molecule has 5 atom stereocenters. The van der Waals surface area contributed by atoms with Gasteiger partial charge >= 0.3 is 5.97 Å². The Morgan fingerprint density at radius 3 is 2.68 bits per heavy atom. The van der Waals surface area contributed by atoms with Crippen LogP contribution in [0.25, 0.3) is 0 Å². The van der Waals surface area contributed by atoms with Gasteiger partial charge in [0.05, 0.1) is 23.2 Å². The van der Waals surface area contributed by atoms with Crippen molar-refractivity contribution >= 4 is 29.5 Å². The van der Waals surface area contributed by atoms with Crippen LogP contribution in [0.4, 0.5) is 0 Å². The van der Waals surface area contributed by atoms with Gasteiger partial charge in [-0.25, -0.2) is 0 Å². The number of hydrogen-bond acceptors (Lipinski definition) is 6. The highest BCUT2D eigenvalue weighted by Crippen LogP contribution is 2.71. The highest BCUT2D eigenvalue weighted by molar-refractivity contribution is 8.02. The van der Waals surface area contributed by atoms with Crippen molar-refractivity contribution in [1.82, 2.24) is 9.80 Å². The van der Waals surface area contributed by atoms with Gasteiger partial charge in [-0.15, -0.1) is 24.9 Å². The highest BCUT2D eigenvalue weighted by atomic mass is 32.2. The van der Waals surface area contributed by atoms with E-state index in [2.05, 4.69) is 20.1 Å². The summed E-state index contributed by atoms with van der Waals surface area (Å²) in [5.41, 5.74) is 0. The van der Waals surface area contributed by atoms with E-state index < -0.39 is 27.4 Å². The van der Waals surface area contributed by atoms with Crippen LogP contribution in [0.5, 0.6) is 0 Å². The number of carbonyl (C=O) groups is 3. The molecule has 3 saturated heterocycles. The summed E-state index contributed by atoms with van der Waals surface area (Å²) >= 11 is 1.66. The van der Waals surface area contributed by atoms with Gasteiger partial charge in [-0.2, -0.15) is 0 Å². The zero-order valence-electron chi connectivity index (χ0n) is 20.7. The lowest BCUT2D eigenvalue weighted by atomic mass is 9.66. The number of carbonyl (C=O) groups excluding carboxylic acids is 3. The average Bonchev–Trinajstić information content (AvgIpc) is 3.37. The molecule has 2 amide bonds. The molecular weight excluding hydrogens is 452 g/mol. The third-order valence-corrected chi connectivity index (χ3v) is 9.57. The molecule has 3 fully saturated rings. The first-order chi connectivity index (χ1) is 16.3. The summed E-state index contributed by atoms with van der Waals surface area (Å²) in [4.78, 5) is 44.7. The minimum Gasteiger partial charge on any atom is -0.465 e.